The van der Waals surface area contributed by atoms with Crippen LogP contribution in [-0.4, -0.2) is 37.1 Å². The second-order valence-electron chi connectivity index (χ2n) is 7.89. The number of nitrogens with zero attached hydrogens (tertiary/aromatic N) is 1. The number of sulfone groups is 1. The zero-order valence-electron chi connectivity index (χ0n) is 16.0. The summed E-state index contributed by atoms with van der Waals surface area (Å²) in [7, 11) is -3.98. The molecule has 152 valence electrons. The Morgan fingerprint density at radius 3 is 2.19 bits per heavy atom. The van der Waals surface area contributed by atoms with E-state index in [9.17, 15) is 26.4 Å². The SMILES string of the molecule is CC(C)C(=O)N1CCC(C(C)(C)S(=O)(=O)c2cccc(C(F)(F)F)c2)CC1. The lowest BCUT2D eigenvalue weighted by molar-refractivity contribution is -0.138. The summed E-state index contributed by atoms with van der Waals surface area (Å²) >= 11 is 0. The minimum Gasteiger partial charge on any atom is -0.342 e. The Kier molecular flexibility index (Phi) is 5.99. The van der Waals surface area contributed by atoms with Crippen LogP contribution in [0.5, 0.6) is 0 Å². The molecule has 1 aliphatic rings. The number of likely N-dealkylation sites (tertiary alicyclic amines) is 1. The number of halogens is 3. The molecule has 1 aliphatic heterocycles. The van der Waals surface area contributed by atoms with E-state index in [1.807, 2.05) is 13.8 Å². The highest BCUT2D eigenvalue weighted by atomic mass is 32.2. The molecule has 27 heavy (non-hydrogen) atoms. The summed E-state index contributed by atoms with van der Waals surface area (Å²) in [6, 6.07) is 3.90. The van der Waals surface area contributed by atoms with Gasteiger partial charge in [-0.05, 0) is 50.8 Å². The van der Waals surface area contributed by atoms with Crippen molar-refractivity contribution >= 4 is 15.7 Å². The lowest BCUT2D eigenvalue weighted by atomic mass is 9.85. The number of carbonyl (C=O) groups excluding carboxylic acids is 1. The van der Waals surface area contributed by atoms with Crippen LogP contribution in [0, 0.1) is 11.8 Å². The molecule has 0 N–H and O–H groups in total. The Morgan fingerprint density at radius 1 is 1.15 bits per heavy atom. The van der Waals surface area contributed by atoms with Crippen molar-refractivity contribution in [1.29, 1.82) is 0 Å². The van der Waals surface area contributed by atoms with Gasteiger partial charge in [0.05, 0.1) is 15.2 Å². The number of alkyl halides is 3. The normalized spacial score (nSPS) is 17.4. The molecule has 0 radical (unpaired) electrons. The van der Waals surface area contributed by atoms with E-state index in [-0.39, 0.29) is 22.6 Å². The molecular formula is C19H26F3NO3S. The van der Waals surface area contributed by atoms with E-state index in [4.69, 9.17) is 0 Å². The maximum Gasteiger partial charge on any atom is 0.416 e. The molecule has 0 saturated carbocycles. The number of piperidine rings is 1. The fourth-order valence-electron chi connectivity index (χ4n) is 3.52. The highest BCUT2D eigenvalue weighted by Gasteiger charge is 2.45. The predicted molar refractivity (Wildman–Crippen MR) is 96.9 cm³/mol. The number of amides is 1. The molecule has 1 amide bonds. The number of rotatable bonds is 4. The topological polar surface area (TPSA) is 54.5 Å². The summed E-state index contributed by atoms with van der Waals surface area (Å²) in [6.45, 7) is 7.68. The Bertz CT molecular complexity index is 793. The molecule has 2 rings (SSSR count). The average Bonchev–Trinajstić information content (AvgIpc) is 2.60. The third-order valence-electron chi connectivity index (χ3n) is 5.45. The summed E-state index contributed by atoms with van der Waals surface area (Å²) < 4.78 is 63.9. The standard InChI is InChI=1S/C19H26F3NO3S/c1-13(2)17(24)23-10-8-14(9-11-23)18(3,4)27(25,26)16-7-5-6-15(12-16)19(20,21)22/h5-7,12-14H,8-11H2,1-4H3. The second-order valence-corrected chi connectivity index (χ2v) is 10.4. The molecule has 0 aromatic heterocycles. The van der Waals surface area contributed by atoms with E-state index in [0.29, 0.717) is 32.0 Å². The molecule has 1 aromatic rings. The Hall–Kier alpha value is -1.57. The Labute approximate surface area is 158 Å². The van der Waals surface area contributed by atoms with Crippen LogP contribution in [0.2, 0.25) is 0 Å². The van der Waals surface area contributed by atoms with Crippen molar-refractivity contribution < 1.29 is 26.4 Å². The number of hydrogen-bond acceptors (Lipinski definition) is 3. The lowest BCUT2D eigenvalue weighted by Gasteiger charge is -2.40. The highest BCUT2D eigenvalue weighted by Crippen LogP contribution is 2.39. The van der Waals surface area contributed by atoms with E-state index in [0.717, 1.165) is 12.1 Å². The van der Waals surface area contributed by atoms with E-state index in [1.54, 1.807) is 18.7 Å². The molecular weight excluding hydrogens is 379 g/mol. The van der Waals surface area contributed by atoms with Crippen LogP contribution in [0.25, 0.3) is 0 Å². The molecule has 0 bridgehead atoms. The Morgan fingerprint density at radius 2 is 1.70 bits per heavy atom. The van der Waals surface area contributed by atoms with Crippen LogP contribution in [0.1, 0.15) is 46.1 Å². The van der Waals surface area contributed by atoms with Crippen molar-refractivity contribution in [1.82, 2.24) is 4.90 Å². The molecule has 0 aliphatic carbocycles. The van der Waals surface area contributed by atoms with Gasteiger partial charge in [-0.25, -0.2) is 8.42 Å². The quantitative estimate of drug-likeness (QED) is 0.756. The van der Waals surface area contributed by atoms with Gasteiger partial charge in [0.15, 0.2) is 9.84 Å². The second kappa shape index (κ2) is 7.45. The van der Waals surface area contributed by atoms with Gasteiger partial charge in [0.2, 0.25) is 5.91 Å². The first kappa shape index (κ1) is 21.7. The van der Waals surface area contributed by atoms with Crippen LogP contribution in [0.4, 0.5) is 13.2 Å². The first-order valence-corrected chi connectivity index (χ1v) is 10.5. The van der Waals surface area contributed by atoms with Crippen molar-refractivity contribution in [3.63, 3.8) is 0 Å². The lowest BCUT2D eigenvalue weighted by Crippen LogP contribution is -2.48. The fraction of sp³-hybridized carbons (Fsp3) is 0.632. The maximum absolute atomic E-state index is 13.1. The van der Waals surface area contributed by atoms with Gasteiger partial charge in [-0.3, -0.25) is 4.79 Å². The van der Waals surface area contributed by atoms with E-state index < -0.39 is 26.3 Å². The zero-order chi connectivity index (χ0) is 20.6. The average molecular weight is 405 g/mol. The largest absolute Gasteiger partial charge is 0.416 e. The van der Waals surface area contributed by atoms with Gasteiger partial charge in [0.25, 0.3) is 0 Å². The van der Waals surface area contributed by atoms with Gasteiger partial charge >= 0.3 is 6.18 Å². The molecule has 1 aromatic carbocycles. The van der Waals surface area contributed by atoms with Gasteiger partial charge in [-0.1, -0.05) is 19.9 Å². The van der Waals surface area contributed by atoms with Crippen LogP contribution >= 0.6 is 0 Å². The van der Waals surface area contributed by atoms with Crippen molar-refractivity contribution in [2.75, 3.05) is 13.1 Å². The van der Waals surface area contributed by atoms with Gasteiger partial charge in [0.1, 0.15) is 0 Å². The van der Waals surface area contributed by atoms with Gasteiger partial charge in [-0.2, -0.15) is 13.2 Å². The van der Waals surface area contributed by atoms with Crippen molar-refractivity contribution in [2.45, 2.75) is 56.4 Å². The molecule has 1 saturated heterocycles. The summed E-state index contributed by atoms with van der Waals surface area (Å²) in [5.41, 5.74) is -0.975. The zero-order valence-corrected chi connectivity index (χ0v) is 16.8. The number of carbonyl (C=O) groups is 1. The van der Waals surface area contributed by atoms with E-state index in [1.165, 1.54) is 6.07 Å². The number of benzene rings is 1. The maximum atomic E-state index is 13.1. The summed E-state index contributed by atoms with van der Waals surface area (Å²) in [5, 5.41) is 0. The molecule has 0 atom stereocenters. The molecule has 4 nitrogen and oxygen atoms in total. The van der Waals surface area contributed by atoms with Crippen molar-refractivity contribution in [3.05, 3.63) is 29.8 Å². The molecule has 1 fully saturated rings. The van der Waals surface area contributed by atoms with Gasteiger partial charge in [0, 0.05) is 19.0 Å². The first-order valence-electron chi connectivity index (χ1n) is 8.99. The molecule has 0 unspecified atom stereocenters. The molecule has 1 heterocycles. The van der Waals surface area contributed by atoms with E-state index in [2.05, 4.69) is 0 Å². The van der Waals surface area contributed by atoms with Gasteiger partial charge in [-0.15, -0.1) is 0 Å². The predicted octanol–water partition coefficient (Wildman–Crippen LogP) is 4.15. The monoisotopic (exact) mass is 405 g/mol. The summed E-state index contributed by atoms with van der Waals surface area (Å²) in [6.07, 6.45) is -3.59. The highest BCUT2D eigenvalue weighted by molar-refractivity contribution is 7.92. The minimum atomic E-state index is -4.60. The van der Waals surface area contributed by atoms with Crippen LogP contribution in [0.15, 0.2) is 29.2 Å². The van der Waals surface area contributed by atoms with Gasteiger partial charge < -0.3 is 4.90 Å². The smallest absolute Gasteiger partial charge is 0.342 e. The number of hydrogen-bond donors (Lipinski definition) is 0. The Balaban J connectivity index is 2.25. The van der Waals surface area contributed by atoms with Crippen LogP contribution in [-0.2, 0) is 20.8 Å². The third-order valence-corrected chi connectivity index (χ3v) is 8.04. The minimum absolute atomic E-state index is 0.0343. The van der Waals surface area contributed by atoms with Crippen molar-refractivity contribution in [3.8, 4) is 0 Å². The fourth-order valence-corrected chi connectivity index (χ4v) is 5.34. The summed E-state index contributed by atoms with van der Waals surface area (Å²) in [5.74, 6) is -0.330. The van der Waals surface area contributed by atoms with Crippen LogP contribution < -0.4 is 0 Å². The molecule has 0 spiro atoms. The summed E-state index contributed by atoms with van der Waals surface area (Å²) in [4.78, 5) is 13.5. The van der Waals surface area contributed by atoms with Crippen molar-refractivity contribution in [2.24, 2.45) is 11.8 Å². The first-order chi connectivity index (χ1) is 12.3. The third kappa shape index (κ3) is 4.31. The van der Waals surface area contributed by atoms with E-state index >= 15 is 0 Å². The molecule has 8 heteroatoms. The van der Waals surface area contributed by atoms with Crippen LogP contribution in [0.3, 0.4) is 0 Å².